The summed E-state index contributed by atoms with van der Waals surface area (Å²) in [6, 6.07) is 9.37. The lowest BCUT2D eigenvalue weighted by atomic mass is 9.90. The maximum atomic E-state index is 14.9. The molecule has 1 heterocycles. The Morgan fingerprint density at radius 1 is 0.951 bits per heavy atom. The van der Waals surface area contributed by atoms with Gasteiger partial charge in [-0.25, -0.2) is 12.8 Å². The van der Waals surface area contributed by atoms with E-state index in [9.17, 15) is 49.1 Å². The second-order valence-electron chi connectivity index (χ2n) is 9.24. The highest BCUT2D eigenvalue weighted by Gasteiger charge is 2.71. The van der Waals surface area contributed by atoms with Gasteiger partial charge in [0.1, 0.15) is 11.9 Å². The number of amides is 1. The van der Waals surface area contributed by atoms with Gasteiger partial charge in [-0.2, -0.15) is 26.3 Å². The molecule has 6 nitrogen and oxygen atoms in total. The maximum absolute atomic E-state index is 14.9. The first-order chi connectivity index (χ1) is 18.4. The summed E-state index contributed by atoms with van der Waals surface area (Å²) in [5.74, 6) is -1.50. The molecule has 1 unspecified atom stereocenters. The molecule has 0 saturated heterocycles. The fourth-order valence-corrected chi connectivity index (χ4v) is 5.10. The molecule has 3 aromatic carbocycles. The fraction of sp³-hybridized carbons (Fsp3) is 0.269. The topological polar surface area (TPSA) is 95.5 Å². The quantitative estimate of drug-likeness (QED) is 0.327. The fourth-order valence-electron chi connectivity index (χ4n) is 4.43. The van der Waals surface area contributed by atoms with Gasteiger partial charge >= 0.3 is 12.4 Å². The number of halogens is 8. The van der Waals surface area contributed by atoms with Crippen molar-refractivity contribution < 1.29 is 49.1 Å². The third-order valence-electron chi connectivity index (χ3n) is 6.53. The molecule has 0 spiro atoms. The number of benzene rings is 3. The van der Waals surface area contributed by atoms with E-state index in [0.29, 0.717) is 36.2 Å². The Morgan fingerprint density at radius 3 is 2.10 bits per heavy atom. The predicted molar refractivity (Wildman–Crippen MR) is 138 cm³/mol. The van der Waals surface area contributed by atoms with E-state index in [-0.39, 0.29) is 34.1 Å². The number of alkyl halides is 6. The first kappa shape index (κ1) is 32.3. The number of aliphatic hydroxyl groups is 1. The van der Waals surface area contributed by atoms with Gasteiger partial charge in [0.25, 0.3) is 5.60 Å². The van der Waals surface area contributed by atoms with Crippen molar-refractivity contribution in [2.24, 2.45) is 0 Å². The van der Waals surface area contributed by atoms with Crippen molar-refractivity contribution >= 4 is 33.8 Å². The molecule has 15 heteroatoms. The number of fused-ring (bicyclic) bond motifs is 1. The number of anilines is 1. The highest BCUT2D eigenvalue weighted by atomic mass is 35.5. The van der Waals surface area contributed by atoms with Gasteiger partial charge in [0.05, 0.1) is 4.90 Å². The van der Waals surface area contributed by atoms with Crippen LogP contribution in [0.25, 0.3) is 11.1 Å². The molecule has 1 aliphatic heterocycles. The van der Waals surface area contributed by atoms with Crippen LogP contribution in [0.5, 0.6) is 0 Å². The van der Waals surface area contributed by atoms with Crippen LogP contribution in [0, 0.1) is 5.82 Å². The normalized spacial score (nSPS) is 16.0. The van der Waals surface area contributed by atoms with Gasteiger partial charge in [-0.3, -0.25) is 4.79 Å². The van der Waals surface area contributed by atoms with Crippen LogP contribution in [0.4, 0.5) is 36.4 Å². The summed E-state index contributed by atoms with van der Waals surface area (Å²) in [5, 5.41) is 15.1. The summed E-state index contributed by atoms with van der Waals surface area (Å²) in [6.07, 6.45) is -10.6. The minimum Gasteiger partial charge on any atom is -0.369 e. The van der Waals surface area contributed by atoms with Crippen LogP contribution in [0.2, 0.25) is 0 Å². The van der Waals surface area contributed by atoms with Crippen LogP contribution < -0.4 is 10.6 Å². The Morgan fingerprint density at radius 2 is 1.56 bits per heavy atom. The average Bonchev–Trinajstić information content (AvgIpc) is 2.86. The highest BCUT2D eigenvalue weighted by Crippen LogP contribution is 2.50. The van der Waals surface area contributed by atoms with Crippen LogP contribution in [-0.4, -0.2) is 44.6 Å². The summed E-state index contributed by atoms with van der Waals surface area (Å²) in [6.45, 7) is 0.374. The third kappa shape index (κ3) is 6.20. The Hall–Kier alpha value is -3.20. The van der Waals surface area contributed by atoms with E-state index < -0.39 is 51.1 Å². The van der Waals surface area contributed by atoms with Crippen LogP contribution in [-0.2, 0) is 26.7 Å². The molecule has 0 aliphatic carbocycles. The molecule has 3 aromatic rings. The van der Waals surface area contributed by atoms with Gasteiger partial charge in [-0.15, -0.1) is 12.4 Å². The Labute approximate surface area is 235 Å². The standard InChI is InChI=1S/C26H21F7N2O4S.ClH/c1-40(38,39)18-7-9-20-15(12-18)10-11-34-22(20)23(36)35-17-6-8-19(21(27)13-17)14-2-4-16(5-3-14)24(37,25(28,29)30)26(31,32)33;/h2-9,12-13,22,34,37H,10-11H2,1H3,(H,35,36);1H. The van der Waals surface area contributed by atoms with E-state index in [2.05, 4.69) is 10.6 Å². The maximum Gasteiger partial charge on any atom is 0.430 e. The second-order valence-corrected chi connectivity index (χ2v) is 11.3. The molecule has 0 aromatic heterocycles. The number of carbonyl (C=O) groups is 1. The Kier molecular flexibility index (Phi) is 8.85. The van der Waals surface area contributed by atoms with Crippen molar-refractivity contribution in [3.8, 4) is 11.1 Å². The van der Waals surface area contributed by atoms with E-state index in [4.69, 9.17) is 0 Å². The summed E-state index contributed by atoms with van der Waals surface area (Å²) in [7, 11) is -3.45. The lowest BCUT2D eigenvalue weighted by Gasteiger charge is -2.32. The zero-order valence-corrected chi connectivity index (χ0v) is 22.5. The van der Waals surface area contributed by atoms with Crippen LogP contribution in [0.3, 0.4) is 0 Å². The molecule has 4 rings (SSSR count). The van der Waals surface area contributed by atoms with Crippen LogP contribution in [0.1, 0.15) is 22.7 Å². The first-order valence-electron chi connectivity index (χ1n) is 11.6. The van der Waals surface area contributed by atoms with Gasteiger partial charge in [0, 0.05) is 29.6 Å². The summed E-state index contributed by atoms with van der Waals surface area (Å²) >= 11 is 0. The molecule has 1 atom stereocenters. The Balaban J connectivity index is 0.00000462. The van der Waals surface area contributed by atoms with Gasteiger partial charge in [0.15, 0.2) is 9.84 Å². The molecule has 0 radical (unpaired) electrons. The molecular formula is C26H22ClF7N2O4S. The lowest BCUT2D eigenvalue weighted by Crippen LogP contribution is -2.53. The van der Waals surface area contributed by atoms with Crippen molar-refractivity contribution in [2.75, 3.05) is 18.1 Å². The van der Waals surface area contributed by atoms with Crippen molar-refractivity contribution in [1.29, 1.82) is 0 Å². The number of hydrogen-bond donors (Lipinski definition) is 3. The zero-order chi connectivity index (χ0) is 29.7. The predicted octanol–water partition coefficient (Wildman–Crippen LogP) is 5.46. The Bertz CT molecular complexity index is 1550. The largest absolute Gasteiger partial charge is 0.430 e. The molecule has 3 N–H and O–H groups in total. The van der Waals surface area contributed by atoms with Crippen molar-refractivity contribution in [1.82, 2.24) is 5.32 Å². The van der Waals surface area contributed by atoms with E-state index in [1.165, 1.54) is 30.3 Å². The number of hydrogen-bond acceptors (Lipinski definition) is 5. The van der Waals surface area contributed by atoms with E-state index >= 15 is 0 Å². The number of sulfone groups is 1. The molecule has 222 valence electrons. The highest BCUT2D eigenvalue weighted by molar-refractivity contribution is 7.90. The monoisotopic (exact) mass is 626 g/mol. The molecule has 0 fully saturated rings. The number of rotatable bonds is 5. The summed E-state index contributed by atoms with van der Waals surface area (Å²) in [4.78, 5) is 13.1. The van der Waals surface area contributed by atoms with Gasteiger partial charge in [-0.1, -0.05) is 30.3 Å². The first-order valence-corrected chi connectivity index (χ1v) is 13.5. The second kappa shape index (κ2) is 11.2. The number of nitrogens with one attached hydrogen (secondary N) is 2. The molecule has 0 saturated carbocycles. The van der Waals surface area contributed by atoms with E-state index in [1.807, 2.05) is 0 Å². The number of carbonyl (C=O) groups excluding carboxylic acids is 1. The van der Waals surface area contributed by atoms with Crippen molar-refractivity contribution in [3.63, 3.8) is 0 Å². The average molecular weight is 627 g/mol. The van der Waals surface area contributed by atoms with E-state index in [1.54, 1.807) is 0 Å². The minimum atomic E-state index is -6.05. The minimum absolute atomic E-state index is 0. The molecule has 1 aliphatic rings. The van der Waals surface area contributed by atoms with Gasteiger partial charge in [0.2, 0.25) is 5.91 Å². The zero-order valence-electron chi connectivity index (χ0n) is 20.9. The van der Waals surface area contributed by atoms with Gasteiger partial charge < -0.3 is 15.7 Å². The molecular weight excluding hydrogens is 605 g/mol. The van der Waals surface area contributed by atoms with Crippen molar-refractivity contribution in [2.45, 2.75) is 35.3 Å². The van der Waals surface area contributed by atoms with Crippen LogP contribution in [0.15, 0.2) is 65.6 Å². The lowest BCUT2D eigenvalue weighted by molar-refractivity contribution is -0.376. The van der Waals surface area contributed by atoms with E-state index in [0.717, 1.165) is 24.5 Å². The molecule has 41 heavy (non-hydrogen) atoms. The van der Waals surface area contributed by atoms with Crippen LogP contribution >= 0.6 is 12.4 Å². The molecule has 0 bridgehead atoms. The van der Waals surface area contributed by atoms with Crippen molar-refractivity contribution in [3.05, 3.63) is 83.2 Å². The van der Waals surface area contributed by atoms with Gasteiger partial charge in [-0.05, 0) is 53.4 Å². The SMILES string of the molecule is CS(=O)(=O)c1ccc2c(c1)CCNC2C(=O)Nc1ccc(-c2ccc(C(O)(C(F)(F)F)C(F)(F)F)cc2)c(F)c1.Cl. The molecule has 1 amide bonds. The third-order valence-corrected chi connectivity index (χ3v) is 7.64. The summed E-state index contributed by atoms with van der Waals surface area (Å²) in [5.41, 5.74) is -5.61. The summed E-state index contributed by atoms with van der Waals surface area (Å²) < 4.78 is 117. The smallest absolute Gasteiger partial charge is 0.369 e.